The third-order valence-corrected chi connectivity index (χ3v) is 2.24. The molecule has 0 amide bonds. The molecule has 0 aliphatic carbocycles. The Kier molecular flexibility index (Phi) is 3.52. The topological polar surface area (TPSA) is 33.4 Å². The molecule has 0 spiro atoms. The first kappa shape index (κ1) is 8.68. The molecule has 0 aliphatic heterocycles. The van der Waals surface area contributed by atoms with Crippen LogP contribution in [0.15, 0.2) is 16.5 Å². The van der Waals surface area contributed by atoms with E-state index < -0.39 is 0 Å². The molecule has 0 bridgehead atoms. The Morgan fingerprint density at radius 3 is 2.91 bits per heavy atom. The molecule has 2 nitrogen and oxygen atoms in total. The summed E-state index contributed by atoms with van der Waals surface area (Å²) in [4.78, 5) is 0. The molecule has 0 saturated heterocycles. The summed E-state index contributed by atoms with van der Waals surface area (Å²) in [7, 11) is 0. The van der Waals surface area contributed by atoms with Gasteiger partial charge in [0.2, 0.25) is 0 Å². The lowest BCUT2D eigenvalue weighted by Crippen LogP contribution is -1.86. The van der Waals surface area contributed by atoms with Gasteiger partial charge in [-0.2, -0.15) is 11.8 Å². The van der Waals surface area contributed by atoms with E-state index in [0.717, 1.165) is 23.0 Å². The van der Waals surface area contributed by atoms with Crippen LogP contribution in [0.5, 0.6) is 0 Å². The summed E-state index contributed by atoms with van der Waals surface area (Å²) in [6.07, 6.45) is 0. The van der Waals surface area contributed by atoms with E-state index in [1.807, 2.05) is 19.1 Å². The Morgan fingerprint density at radius 2 is 2.36 bits per heavy atom. The molecular weight excluding hydrogens is 160 g/mol. The van der Waals surface area contributed by atoms with Crippen LogP contribution in [0.3, 0.4) is 0 Å². The Balaban J connectivity index is 2.27. The molecule has 62 valence electrons. The van der Waals surface area contributed by atoms with Crippen LogP contribution in [0, 0.1) is 6.92 Å². The fourth-order valence-corrected chi connectivity index (χ4v) is 1.43. The van der Waals surface area contributed by atoms with Gasteiger partial charge in [-0.05, 0) is 19.1 Å². The monoisotopic (exact) mass is 172 g/mol. The number of hydrogen-bond acceptors (Lipinski definition) is 3. The minimum absolute atomic E-state index is 0.240. The van der Waals surface area contributed by atoms with Gasteiger partial charge in [-0.25, -0.2) is 0 Å². The van der Waals surface area contributed by atoms with Gasteiger partial charge >= 0.3 is 0 Å². The van der Waals surface area contributed by atoms with E-state index in [2.05, 4.69) is 0 Å². The molecular formula is C8H12O2S. The summed E-state index contributed by atoms with van der Waals surface area (Å²) < 4.78 is 5.33. The van der Waals surface area contributed by atoms with E-state index in [-0.39, 0.29) is 6.61 Å². The second-order valence-corrected chi connectivity index (χ2v) is 3.39. The molecule has 3 heteroatoms. The van der Waals surface area contributed by atoms with Gasteiger partial charge in [-0.3, -0.25) is 0 Å². The molecule has 11 heavy (non-hydrogen) atoms. The SMILES string of the molecule is Cc1ccc(CSCCO)o1. The van der Waals surface area contributed by atoms with Crippen molar-refractivity contribution in [2.75, 3.05) is 12.4 Å². The van der Waals surface area contributed by atoms with Crippen LogP contribution in [0.4, 0.5) is 0 Å². The van der Waals surface area contributed by atoms with E-state index in [1.54, 1.807) is 11.8 Å². The van der Waals surface area contributed by atoms with Crippen LogP contribution in [-0.4, -0.2) is 17.5 Å². The zero-order chi connectivity index (χ0) is 8.10. The highest BCUT2D eigenvalue weighted by Gasteiger charge is 1.96. The minimum Gasteiger partial charge on any atom is -0.466 e. The van der Waals surface area contributed by atoms with Crippen molar-refractivity contribution in [3.63, 3.8) is 0 Å². The van der Waals surface area contributed by atoms with Gasteiger partial charge in [0, 0.05) is 5.75 Å². The third-order valence-electron chi connectivity index (χ3n) is 1.28. The highest BCUT2D eigenvalue weighted by Crippen LogP contribution is 2.13. The highest BCUT2D eigenvalue weighted by molar-refractivity contribution is 7.98. The fraction of sp³-hybridized carbons (Fsp3) is 0.500. The summed E-state index contributed by atoms with van der Waals surface area (Å²) in [5, 5.41) is 8.50. The van der Waals surface area contributed by atoms with E-state index in [4.69, 9.17) is 9.52 Å². The molecule has 1 N–H and O–H groups in total. The van der Waals surface area contributed by atoms with E-state index >= 15 is 0 Å². The van der Waals surface area contributed by atoms with Crippen LogP contribution >= 0.6 is 11.8 Å². The number of furan rings is 1. The lowest BCUT2D eigenvalue weighted by Gasteiger charge is -1.94. The van der Waals surface area contributed by atoms with Gasteiger partial charge in [0.15, 0.2) is 0 Å². The lowest BCUT2D eigenvalue weighted by atomic mass is 10.5. The summed E-state index contributed by atoms with van der Waals surface area (Å²) >= 11 is 1.68. The maximum absolute atomic E-state index is 8.50. The van der Waals surface area contributed by atoms with Crippen molar-refractivity contribution in [3.05, 3.63) is 23.7 Å². The van der Waals surface area contributed by atoms with Crippen LogP contribution < -0.4 is 0 Å². The molecule has 0 unspecified atom stereocenters. The third kappa shape index (κ3) is 2.99. The molecule has 1 rings (SSSR count). The normalized spacial score (nSPS) is 10.4. The van der Waals surface area contributed by atoms with Gasteiger partial charge in [0.1, 0.15) is 11.5 Å². The van der Waals surface area contributed by atoms with Crippen LogP contribution in [0.25, 0.3) is 0 Å². The molecule has 0 atom stereocenters. The van der Waals surface area contributed by atoms with Crippen molar-refractivity contribution in [2.24, 2.45) is 0 Å². The van der Waals surface area contributed by atoms with Gasteiger partial charge in [0.05, 0.1) is 12.4 Å². The van der Waals surface area contributed by atoms with Crippen molar-refractivity contribution < 1.29 is 9.52 Å². The smallest absolute Gasteiger partial charge is 0.114 e. The van der Waals surface area contributed by atoms with Crippen molar-refractivity contribution in [1.82, 2.24) is 0 Å². The van der Waals surface area contributed by atoms with Crippen LogP contribution in [0.2, 0.25) is 0 Å². The van der Waals surface area contributed by atoms with Gasteiger partial charge < -0.3 is 9.52 Å². The molecule has 0 radical (unpaired) electrons. The quantitative estimate of drug-likeness (QED) is 0.703. The number of thioether (sulfide) groups is 1. The van der Waals surface area contributed by atoms with Crippen LogP contribution in [-0.2, 0) is 5.75 Å². The molecule has 0 aliphatic rings. The Labute approximate surface area is 70.6 Å². The second-order valence-electron chi connectivity index (χ2n) is 2.29. The second kappa shape index (κ2) is 4.46. The average Bonchev–Trinajstić information content (AvgIpc) is 2.37. The summed E-state index contributed by atoms with van der Waals surface area (Å²) in [5.74, 6) is 3.57. The van der Waals surface area contributed by atoms with E-state index in [9.17, 15) is 0 Å². The standard InChI is InChI=1S/C8H12O2S/c1-7-2-3-8(10-7)6-11-5-4-9/h2-3,9H,4-6H2,1H3. The molecule has 0 saturated carbocycles. The van der Waals surface area contributed by atoms with Crippen molar-refractivity contribution >= 4 is 11.8 Å². The maximum Gasteiger partial charge on any atom is 0.114 e. The van der Waals surface area contributed by atoms with Crippen molar-refractivity contribution in [2.45, 2.75) is 12.7 Å². The predicted molar refractivity (Wildman–Crippen MR) is 46.7 cm³/mol. The summed E-state index contributed by atoms with van der Waals surface area (Å²) in [6.45, 7) is 2.17. The number of aryl methyl sites for hydroxylation is 1. The Hall–Kier alpha value is -0.410. The van der Waals surface area contributed by atoms with Gasteiger partial charge in [-0.1, -0.05) is 0 Å². The van der Waals surface area contributed by atoms with Gasteiger partial charge in [-0.15, -0.1) is 0 Å². The summed E-state index contributed by atoms with van der Waals surface area (Å²) in [5.41, 5.74) is 0. The van der Waals surface area contributed by atoms with Crippen molar-refractivity contribution in [1.29, 1.82) is 0 Å². The molecule has 1 heterocycles. The van der Waals surface area contributed by atoms with E-state index in [1.165, 1.54) is 0 Å². The largest absolute Gasteiger partial charge is 0.466 e. The fourth-order valence-electron chi connectivity index (χ4n) is 0.800. The molecule has 0 fully saturated rings. The van der Waals surface area contributed by atoms with E-state index in [0.29, 0.717) is 0 Å². The Bertz CT molecular complexity index is 208. The molecule has 1 aromatic rings. The molecule has 1 aromatic heterocycles. The number of hydrogen-bond donors (Lipinski definition) is 1. The number of rotatable bonds is 4. The first-order chi connectivity index (χ1) is 5.33. The zero-order valence-electron chi connectivity index (χ0n) is 6.54. The van der Waals surface area contributed by atoms with Crippen molar-refractivity contribution in [3.8, 4) is 0 Å². The number of aliphatic hydroxyl groups excluding tert-OH is 1. The maximum atomic E-state index is 8.50. The predicted octanol–water partition coefficient (Wildman–Crippen LogP) is 1.81. The van der Waals surface area contributed by atoms with Crippen LogP contribution in [0.1, 0.15) is 11.5 Å². The Morgan fingerprint density at radius 1 is 1.55 bits per heavy atom. The lowest BCUT2D eigenvalue weighted by molar-refractivity contribution is 0.322. The zero-order valence-corrected chi connectivity index (χ0v) is 7.36. The van der Waals surface area contributed by atoms with Gasteiger partial charge in [0.25, 0.3) is 0 Å². The summed E-state index contributed by atoms with van der Waals surface area (Å²) in [6, 6.07) is 3.93. The highest BCUT2D eigenvalue weighted by atomic mass is 32.2. The molecule has 0 aromatic carbocycles. The average molecular weight is 172 g/mol. The minimum atomic E-state index is 0.240. The first-order valence-electron chi connectivity index (χ1n) is 3.57. The first-order valence-corrected chi connectivity index (χ1v) is 4.72. The number of aliphatic hydroxyl groups is 1.